The van der Waals surface area contributed by atoms with Gasteiger partial charge in [0.15, 0.2) is 0 Å². The summed E-state index contributed by atoms with van der Waals surface area (Å²) in [6.45, 7) is 4.48. The lowest BCUT2D eigenvalue weighted by Gasteiger charge is -2.22. The van der Waals surface area contributed by atoms with E-state index in [2.05, 4.69) is 0 Å². The van der Waals surface area contributed by atoms with E-state index in [1.54, 1.807) is 19.2 Å². The van der Waals surface area contributed by atoms with Crippen LogP contribution in [0.2, 0.25) is 0 Å². The molecule has 0 aromatic heterocycles. The van der Waals surface area contributed by atoms with Gasteiger partial charge in [0.25, 0.3) is 0 Å². The summed E-state index contributed by atoms with van der Waals surface area (Å²) in [5, 5.41) is 0. The highest BCUT2D eigenvalue weighted by molar-refractivity contribution is 5.69. The van der Waals surface area contributed by atoms with Crippen molar-refractivity contribution in [1.82, 2.24) is 0 Å². The van der Waals surface area contributed by atoms with E-state index in [0.717, 1.165) is 0 Å². The van der Waals surface area contributed by atoms with E-state index >= 15 is 0 Å². The number of nitrogen functional groups attached to an aromatic ring is 1. The highest BCUT2D eigenvalue weighted by Gasteiger charge is 2.16. The quantitative estimate of drug-likeness (QED) is 0.585. The number of carbonyl (C=O) groups is 1. The number of rotatable bonds is 8. The largest absolute Gasteiger partial charge is 0.491 e. The number of hydrogen-bond donors (Lipinski definition) is 1. The molecule has 0 aliphatic heterocycles. The fourth-order valence-corrected chi connectivity index (χ4v) is 1.44. The van der Waals surface area contributed by atoms with Gasteiger partial charge < -0.3 is 19.9 Å². The Bertz CT molecular complexity index is 432. The van der Waals surface area contributed by atoms with Crippen molar-refractivity contribution in [3.05, 3.63) is 24.3 Å². The molecule has 2 N–H and O–H groups in total. The first-order valence-corrected chi connectivity index (χ1v) is 6.63. The first kappa shape index (κ1) is 16.3. The van der Waals surface area contributed by atoms with Gasteiger partial charge in [0.2, 0.25) is 0 Å². The standard InChI is InChI=1S/C15H23NO4/c1-15(2,18-3)9-11-20-14(17)8-10-19-13-7-5-4-6-12(13)16/h4-7H,8-11,16H2,1-3H3. The van der Waals surface area contributed by atoms with Crippen LogP contribution in [0.5, 0.6) is 5.75 Å². The molecule has 1 aromatic carbocycles. The van der Waals surface area contributed by atoms with E-state index in [4.69, 9.17) is 19.9 Å². The van der Waals surface area contributed by atoms with Crippen LogP contribution >= 0.6 is 0 Å². The summed E-state index contributed by atoms with van der Waals surface area (Å²) < 4.78 is 15.8. The van der Waals surface area contributed by atoms with Crippen LogP contribution in [-0.2, 0) is 14.3 Å². The van der Waals surface area contributed by atoms with Crippen molar-refractivity contribution < 1.29 is 19.0 Å². The highest BCUT2D eigenvalue weighted by atomic mass is 16.5. The molecule has 1 aromatic rings. The van der Waals surface area contributed by atoms with Gasteiger partial charge in [-0.25, -0.2) is 0 Å². The lowest BCUT2D eigenvalue weighted by Crippen LogP contribution is -2.25. The van der Waals surface area contributed by atoms with Crippen LogP contribution in [-0.4, -0.2) is 31.9 Å². The maximum absolute atomic E-state index is 11.5. The summed E-state index contributed by atoms with van der Waals surface area (Å²) in [5.41, 5.74) is 6.00. The van der Waals surface area contributed by atoms with Gasteiger partial charge in [-0.2, -0.15) is 0 Å². The molecular weight excluding hydrogens is 258 g/mol. The molecule has 0 heterocycles. The molecule has 0 radical (unpaired) electrons. The first-order chi connectivity index (χ1) is 9.44. The summed E-state index contributed by atoms with van der Waals surface area (Å²) in [6, 6.07) is 7.17. The van der Waals surface area contributed by atoms with Crippen LogP contribution in [0.25, 0.3) is 0 Å². The Morgan fingerprint density at radius 1 is 1.25 bits per heavy atom. The number of hydrogen-bond acceptors (Lipinski definition) is 5. The highest BCUT2D eigenvalue weighted by Crippen LogP contribution is 2.19. The third-order valence-electron chi connectivity index (χ3n) is 3.00. The maximum atomic E-state index is 11.5. The molecule has 0 saturated heterocycles. The van der Waals surface area contributed by atoms with Gasteiger partial charge in [-0.05, 0) is 26.0 Å². The number of esters is 1. The van der Waals surface area contributed by atoms with Crippen molar-refractivity contribution >= 4 is 11.7 Å². The maximum Gasteiger partial charge on any atom is 0.309 e. The Labute approximate surface area is 120 Å². The van der Waals surface area contributed by atoms with E-state index in [1.165, 1.54) is 0 Å². The minimum atomic E-state index is -0.286. The molecule has 0 saturated carbocycles. The third-order valence-corrected chi connectivity index (χ3v) is 3.00. The molecule has 0 atom stereocenters. The summed E-state index contributed by atoms with van der Waals surface area (Å²) in [7, 11) is 1.64. The number of ether oxygens (including phenoxy) is 3. The zero-order valence-electron chi connectivity index (χ0n) is 12.3. The number of para-hydroxylation sites is 2. The van der Waals surface area contributed by atoms with Crippen molar-refractivity contribution in [2.45, 2.75) is 32.3 Å². The fraction of sp³-hybridized carbons (Fsp3) is 0.533. The Morgan fingerprint density at radius 2 is 1.95 bits per heavy atom. The minimum absolute atomic E-state index is 0.196. The molecule has 0 spiro atoms. The molecular formula is C15H23NO4. The van der Waals surface area contributed by atoms with E-state index in [9.17, 15) is 4.79 Å². The molecule has 112 valence electrons. The average molecular weight is 281 g/mol. The topological polar surface area (TPSA) is 70.8 Å². The molecule has 5 nitrogen and oxygen atoms in total. The van der Waals surface area contributed by atoms with Crippen LogP contribution in [0.3, 0.4) is 0 Å². The predicted molar refractivity (Wildman–Crippen MR) is 77.6 cm³/mol. The second kappa shape index (κ2) is 7.75. The van der Waals surface area contributed by atoms with E-state index < -0.39 is 0 Å². The van der Waals surface area contributed by atoms with E-state index in [0.29, 0.717) is 24.5 Å². The molecule has 20 heavy (non-hydrogen) atoms. The zero-order valence-corrected chi connectivity index (χ0v) is 12.3. The van der Waals surface area contributed by atoms with E-state index in [1.807, 2.05) is 26.0 Å². The molecule has 0 aliphatic rings. The number of carbonyl (C=O) groups excluding carboxylic acids is 1. The Hall–Kier alpha value is -1.75. The van der Waals surface area contributed by atoms with Gasteiger partial charge in [0.1, 0.15) is 5.75 Å². The van der Waals surface area contributed by atoms with Crippen molar-refractivity contribution in [2.75, 3.05) is 26.1 Å². The Morgan fingerprint density at radius 3 is 2.60 bits per heavy atom. The Balaban J connectivity index is 2.19. The smallest absolute Gasteiger partial charge is 0.309 e. The van der Waals surface area contributed by atoms with Gasteiger partial charge >= 0.3 is 5.97 Å². The molecule has 0 fully saturated rings. The lowest BCUT2D eigenvalue weighted by atomic mass is 10.1. The molecule has 0 unspecified atom stereocenters. The second-order valence-electron chi connectivity index (χ2n) is 5.07. The van der Waals surface area contributed by atoms with Crippen LogP contribution in [0, 0.1) is 0 Å². The van der Waals surface area contributed by atoms with E-state index in [-0.39, 0.29) is 24.6 Å². The normalized spacial score (nSPS) is 11.2. The van der Waals surface area contributed by atoms with Crippen LogP contribution in [0.4, 0.5) is 5.69 Å². The van der Waals surface area contributed by atoms with Crippen molar-refractivity contribution in [3.63, 3.8) is 0 Å². The Kier molecular flexibility index (Phi) is 6.31. The molecule has 0 bridgehead atoms. The number of anilines is 1. The minimum Gasteiger partial charge on any atom is -0.491 e. The molecule has 0 aliphatic carbocycles. The monoisotopic (exact) mass is 281 g/mol. The average Bonchev–Trinajstić information content (AvgIpc) is 2.41. The summed E-state index contributed by atoms with van der Waals surface area (Å²) in [4.78, 5) is 11.5. The lowest BCUT2D eigenvalue weighted by molar-refractivity contribution is -0.145. The second-order valence-corrected chi connectivity index (χ2v) is 5.07. The van der Waals surface area contributed by atoms with Gasteiger partial charge in [-0.3, -0.25) is 4.79 Å². The number of methoxy groups -OCH3 is 1. The molecule has 0 amide bonds. The van der Waals surface area contributed by atoms with Crippen molar-refractivity contribution in [3.8, 4) is 5.75 Å². The van der Waals surface area contributed by atoms with Crippen molar-refractivity contribution in [2.24, 2.45) is 0 Å². The van der Waals surface area contributed by atoms with Crippen molar-refractivity contribution in [1.29, 1.82) is 0 Å². The number of nitrogens with two attached hydrogens (primary N) is 1. The molecule has 1 rings (SSSR count). The third kappa shape index (κ3) is 5.93. The summed E-state index contributed by atoms with van der Waals surface area (Å²) in [5.74, 6) is 0.298. The van der Waals surface area contributed by atoms with Crippen LogP contribution in [0.1, 0.15) is 26.7 Å². The van der Waals surface area contributed by atoms with Gasteiger partial charge in [-0.15, -0.1) is 0 Å². The van der Waals surface area contributed by atoms with Gasteiger partial charge in [-0.1, -0.05) is 12.1 Å². The fourth-order valence-electron chi connectivity index (χ4n) is 1.44. The van der Waals surface area contributed by atoms with Crippen LogP contribution in [0.15, 0.2) is 24.3 Å². The number of benzene rings is 1. The predicted octanol–water partition coefficient (Wildman–Crippen LogP) is 2.40. The van der Waals surface area contributed by atoms with Gasteiger partial charge in [0.05, 0.1) is 30.9 Å². The summed E-state index contributed by atoms with van der Waals surface area (Å²) >= 11 is 0. The molecule has 5 heteroatoms. The zero-order chi connectivity index (χ0) is 15.0. The SMILES string of the molecule is COC(C)(C)CCOC(=O)CCOc1ccccc1N. The summed E-state index contributed by atoms with van der Waals surface area (Å²) in [6.07, 6.45) is 0.851. The van der Waals surface area contributed by atoms with Crippen LogP contribution < -0.4 is 10.5 Å². The van der Waals surface area contributed by atoms with Gasteiger partial charge in [0, 0.05) is 13.5 Å². The first-order valence-electron chi connectivity index (χ1n) is 6.63.